The first kappa shape index (κ1) is 22.9. The SMILES string of the molecule is CC(C)c1cc(C(C)C)c(S(=O)(=O)Oc2cccc(CC(=O)O)c2)c(C(C)C)c1. The molecule has 0 unspecified atom stereocenters. The van der Waals surface area contributed by atoms with Gasteiger partial charge in [0.15, 0.2) is 0 Å². The van der Waals surface area contributed by atoms with Crippen LogP contribution in [-0.4, -0.2) is 19.5 Å². The van der Waals surface area contributed by atoms with Gasteiger partial charge in [0.1, 0.15) is 10.6 Å². The second-order valence-corrected chi connectivity index (χ2v) is 9.73. The molecule has 2 aromatic rings. The van der Waals surface area contributed by atoms with Crippen molar-refractivity contribution in [2.24, 2.45) is 0 Å². The third kappa shape index (κ3) is 5.60. The van der Waals surface area contributed by atoms with E-state index in [2.05, 4.69) is 13.8 Å². The van der Waals surface area contributed by atoms with Gasteiger partial charge in [-0.05, 0) is 52.1 Å². The molecule has 5 nitrogen and oxygen atoms in total. The second kappa shape index (κ2) is 8.99. The molecule has 0 bridgehead atoms. The fourth-order valence-corrected chi connectivity index (χ4v) is 4.84. The van der Waals surface area contributed by atoms with Crippen molar-refractivity contribution in [3.05, 3.63) is 58.7 Å². The molecule has 0 radical (unpaired) electrons. The van der Waals surface area contributed by atoms with Gasteiger partial charge in [0, 0.05) is 0 Å². The smallest absolute Gasteiger partial charge is 0.339 e. The van der Waals surface area contributed by atoms with Gasteiger partial charge in [-0.2, -0.15) is 8.42 Å². The molecule has 0 aliphatic rings. The van der Waals surface area contributed by atoms with Crippen LogP contribution in [0.25, 0.3) is 0 Å². The molecule has 158 valence electrons. The third-order valence-electron chi connectivity index (χ3n) is 4.79. The highest BCUT2D eigenvalue weighted by molar-refractivity contribution is 7.87. The summed E-state index contributed by atoms with van der Waals surface area (Å²) in [6.45, 7) is 12.0. The number of rotatable bonds is 8. The van der Waals surface area contributed by atoms with E-state index in [1.807, 2.05) is 39.8 Å². The van der Waals surface area contributed by atoms with Crippen molar-refractivity contribution >= 4 is 16.1 Å². The van der Waals surface area contributed by atoms with Crippen molar-refractivity contribution in [2.45, 2.75) is 70.6 Å². The van der Waals surface area contributed by atoms with Crippen LogP contribution >= 0.6 is 0 Å². The van der Waals surface area contributed by atoms with Crippen LogP contribution in [0.4, 0.5) is 0 Å². The first-order chi connectivity index (χ1) is 13.4. The molecule has 0 aliphatic carbocycles. The molecule has 1 N–H and O–H groups in total. The predicted octanol–water partition coefficient (Wildman–Crippen LogP) is 5.45. The van der Waals surface area contributed by atoms with Gasteiger partial charge in [0.2, 0.25) is 0 Å². The minimum atomic E-state index is -4.10. The van der Waals surface area contributed by atoms with E-state index in [1.165, 1.54) is 12.1 Å². The van der Waals surface area contributed by atoms with Crippen LogP contribution in [0.3, 0.4) is 0 Å². The van der Waals surface area contributed by atoms with Crippen LogP contribution in [0, 0.1) is 0 Å². The Balaban J connectivity index is 2.60. The van der Waals surface area contributed by atoms with Crippen molar-refractivity contribution in [1.82, 2.24) is 0 Å². The van der Waals surface area contributed by atoms with Crippen molar-refractivity contribution in [1.29, 1.82) is 0 Å². The zero-order chi connectivity index (χ0) is 21.9. The lowest BCUT2D eigenvalue weighted by molar-refractivity contribution is -0.136. The normalized spacial score (nSPS) is 12.0. The van der Waals surface area contributed by atoms with Crippen molar-refractivity contribution in [3.63, 3.8) is 0 Å². The number of carboxylic acids is 1. The molecule has 0 aliphatic heterocycles. The monoisotopic (exact) mass is 418 g/mol. The molecule has 6 heteroatoms. The number of hydrogen-bond acceptors (Lipinski definition) is 4. The van der Waals surface area contributed by atoms with Crippen molar-refractivity contribution in [3.8, 4) is 5.75 Å². The predicted molar refractivity (Wildman–Crippen MR) is 114 cm³/mol. The molecule has 0 spiro atoms. The molecule has 2 aromatic carbocycles. The second-order valence-electron chi connectivity index (χ2n) is 8.25. The minimum Gasteiger partial charge on any atom is -0.481 e. The Morgan fingerprint density at radius 3 is 1.93 bits per heavy atom. The summed E-state index contributed by atoms with van der Waals surface area (Å²) in [6.07, 6.45) is -0.200. The van der Waals surface area contributed by atoms with Gasteiger partial charge < -0.3 is 9.29 Å². The van der Waals surface area contributed by atoms with Gasteiger partial charge in [-0.15, -0.1) is 0 Å². The molecule has 0 amide bonds. The van der Waals surface area contributed by atoms with Gasteiger partial charge in [-0.1, -0.05) is 65.8 Å². The number of benzene rings is 2. The van der Waals surface area contributed by atoms with Gasteiger partial charge >= 0.3 is 16.1 Å². The summed E-state index contributed by atoms with van der Waals surface area (Å²) in [7, 11) is -4.10. The average Bonchev–Trinajstić information content (AvgIpc) is 2.59. The summed E-state index contributed by atoms with van der Waals surface area (Å²) in [4.78, 5) is 11.2. The number of carbonyl (C=O) groups is 1. The van der Waals surface area contributed by atoms with Crippen molar-refractivity contribution < 1.29 is 22.5 Å². The van der Waals surface area contributed by atoms with Crippen LogP contribution in [0.2, 0.25) is 0 Å². The fraction of sp³-hybridized carbons (Fsp3) is 0.435. The minimum absolute atomic E-state index is 0.00193. The molecular formula is C23H30O5S. The third-order valence-corrected chi connectivity index (χ3v) is 6.17. The van der Waals surface area contributed by atoms with Crippen LogP contribution in [0.15, 0.2) is 41.3 Å². The molecule has 29 heavy (non-hydrogen) atoms. The van der Waals surface area contributed by atoms with E-state index in [0.717, 1.165) is 16.7 Å². The summed E-state index contributed by atoms with van der Waals surface area (Å²) >= 11 is 0. The van der Waals surface area contributed by atoms with E-state index < -0.39 is 16.1 Å². The Bertz CT molecular complexity index is 959. The summed E-state index contributed by atoms with van der Waals surface area (Å²) < 4.78 is 32.1. The van der Waals surface area contributed by atoms with Gasteiger partial charge in [-0.3, -0.25) is 4.79 Å². The Labute approximate surface area is 173 Å². The summed E-state index contributed by atoms with van der Waals surface area (Å²) in [5, 5.41) is 8.97. The Kier molecular flexibility index (Phi) is 7.11. The lowest BCUT2D eigenvalue weighted by atomic mass is 9.89. The zero-order valence-electron chi connectivity index (χ0n) is 17.9. The lowest BCUT2D eigenvalue weighted by Crippen LogP contribution is -2.17. The highest BCUT2D eigenvalue weighted by atomic mass is 32.2. The van der Waals surface area contributed by atoms with Crippen molar-refractivity contribution in [2.75, 3.05) is 0 Å². The fourth-order valence-electron chi connectivity index (χ4n) is 3.23. The number of carboxylic acid groups (broad SMARTS) is 1. The van der Waals surface area contributed by atoms with Gasteiger partial charge in [0.05, 0.1) is 6.42 Å². The summed E-state index contributed by atoms with van der Waals surface area (Å²) in [5.74, 6) is -0.606. The topological polar surface area (TPSA) is 80.7 Å². The van der Waals surface area contributed by atoms with E-state index in [9.17, 15) is 13.2 Å². The standard InChI is InChI=1S/C23H30O5S/c1-14(2)18-12-20(15(3)4)23(21(13-18)16(5)6)29(26,27)28-19-9-7-8-17(10-19)11-22(24)25/h7-10,12-16H,11H2,1-6H3,(H,24,25). The first-order valence-corrected chi connectivity index (χ1v) is 11.3. The highest BCUT2D eigenvalue weighted by Gasteiger charge is 2.28. The average molecular weight is 419 g/mol. The van der Waals surface area contributed by atoms with Crippen LogP contribution < -0.4 is 4.18 Å². The number of hydrogen-bond donors (Lipinski definition) is 1. The molecular weight excluding hydrogens is 388 g/mol. The van der Waals surface area contributed by atoms with E-state index >= 15 is 0 Å². The van der Waals surface area contributed by atoms with E-state index in [0.29, 0.717) is 5.56 Å². The number of aliphatic carboxylic acids is 1. The maximum absolute atomic E-state index is 13.3. The summed E-state index contributed by atoms with van der Waals surface area (Å²) in [6, 6.07) is 10.1. The molecule has 0 aromatic heterocycles. The largest absolute Gasteiger partial charge is 0.481 e. The Morgan fingerprint density at radius 1 is 0.931 bits per heavy atom. The molecule has 0 fully saturated rings. The Morgan fingerprint density at radius 2 is 1.48 bits per heavy atom. The van der Waals surface area contributed by atoms with Crippen LogP contribution in [0.5, 0.6) is 5.75 Å². The molecule has 0 saturated carbocycles. The maximum atomic E-state index is 13.3. The quantitative estimate of drug-likeness (QED) is 0.576. The van der Waals surface area contributed by atoms with Crippen LogP contribution in [0.1, 0.15) is 81.5 Å². The molecule has 0 saturated heterocycles. The van der Waals surface area contributed by atoms with Gasteiger partial charge in [-0.25, -0.2) is 0 Å². The maximum Gasteiger partial charge on any atom is 0.339 e. The zero-order valence-corrected chi connectivity index (χ0v) is 18.7. The molecule has 0 atom stereocenters. The lowest BCUT2D eigenvalue weighted by Gasteiger charge is -2.22. The van der Waals surface area contributed by atoms with Crippen LogP contribution in [-0.2, 0) is 21.3 Å². The molecule has 2 rings (SSSR count). The Hall–Kier alpha value is -2.34. The van der Waals surface area contributed by atoms with E-state index in [1.54, 1.807) is 12.1 Å². The summed E-state index contributed by atoms with van der Waals surface area (Å²) in [5.41, 5.74) is 3.05. The van der Waals surface area contributed by atoms with Gasteiger partial charge in [0.25, 0.3) is 0 Å². The molecule has 0 heterocycles. The first-order valence-electron chi connectivity index (χ1n) is 9.85. The highest BCUT2D eigenvalue weighted by Crippen LogP contribution is 2.36. The van der Waals surface area contributed by atoms with E-state index in [4.69, 9.17) is 9.29 Å². The van der Waals surface area contributed by atoms with E-state index in [-0.39, 0.29) is 34.8 Å².